The number of para-hydroxylation sites is 1. The molecule has 25 heavy (non-hydrogen) atoms. The molecule has 1 atom stereocenters. The van der Waals surface area contributed by atoms with E-state index in [-0.39, 0.29) is 6.10 Å². The number of hydrogen-bond acceptors (Lipinski definition) is 6. The van der Waals surface area contributed by atoms with Crippen molar-refractivity contribution in [1.29, 1.82) is 0 Å². The third-order valence-corrected chi connectivity index (χ3v) is 6.49. The maximum Gasteiger partial charge on any atom is 0.0970 e. The van der Waals surface area contributed by atoms with Crippen LogP contribution in [-0.4, -0.2) is 78.5 Å². The van der Waals surface area contributed by atoms with Crippen molar-refractivity contribution in [2.75, 3.05) is 52.5 Å². The Labute approximate surface area is 153 Å². The summed E-state index contributed by atoms with van der Waals surface area (Å²) in [6.45, 7) is 7.13. The van der Waals surface area contributed by atoms with Gasteiger partial charge in [-0.3, -0.25) is 4.90 Å². The average molecular weight is 362 g/mol. The molecule has 0 aliphatic carbocycles. The zero-order valence-electron chi connectivity index (χ0n) is 14.6. The van der Waals surface area contributed by atoms with E-state index < -0.39 is 0 Å². The Hall–Kier alpha value is -1.05. The number of likely N-dealkylation sites (tertiary alicyclic amines) is 1. The fourth-order valence-corrected chi connectivity index (χ4v) is 5.00. The molecule has 0 amide bonds. The van der Waals surface area contributed by atoms with Gasteiger partial charge in [-0.1, -0.05) is 12.1 Å². The molecule has 0 unspecified atom stereocenters. The molecule has 1 aromatic heterocycles. The molecule has 0 bridgehead atoms. The molecule has 6 heteroatoms. The molecule has 4 rings (SSSR count). The van der Waals surface area contributed by atoms with Gasteiger partial charge in [0.1, 0.15) is 0 Å². The fraction of sp³-hybridized carbons (Fsp3) is 0.632. The van der Waals surface area contributed by atoms with Crippen LogP contribution in [0.5, 0.6) is 0 Å². The molecule has 0 radical (unpaired) electrons. The van der Waals surface area contributed by atoms with E-state index >= 15 is 0 Å². The number of thiazole rings is 1. The number of benzene rings is 1. The third-order valence-electron chi connectivity index (χ3n) is 5.29. The SMILES string of the molecule is O[C@H](CN1CCOCC1)CN1CCC(c2nc3ccccc3s2)CC1. The molecule has 3 heterocycles. The summed E-state index contributed by atoms with van der Waals surface area (Å²) in [7, 11) is 0. The lowest BCUT2D eigenvalue weighted by Crippen LogP contribution is -2.46. The number of piperidine rings is 1. The van der Waals surface area contributed by atoms with Crippen LogP contribution in [0.2, 0.25) is 0 Å². The summed E-state index contributed by atoms with van der Waals surface area (Å²) in [6.07, 6.45) is 2.02. The topological polar surface area (TPSA) is 48.8 Å². The van der Waals surface area contributed by atoms with Crippen molar-refractivity contribution >= 4 is 21.6 Å². The zero-order chi connectivity index (χ0) is 17.1. The van der Waals surface area contributed by atoms with Crippen LogP contribution in [0, 0.1) is 0 Å². The Kier molecular flexibility index (Phi) is 5.63. The van der Waals surface area contributed by atoms with Crippen LogP contribution >= 0.6 is 11.3 Å². The van der Waals surface area contributed by atoms with Crippen molar-refractivity contribution in [3.8, 4) is 0 Å². The Morgan fingerprint density at radius 1 is 1.08 bits per heavy atom. The van der Waals surface area contributed by atoms with Crippen molar-refractivity contribution in [1.82, 2.24) is 14.8 Å². The predicted molar refractivity (Wildman–Crippen MR) is 101 cm³/mol. The van der Waals surface area contributed by atoms with Crippen LogP contribution < -0.4 is 0 Å². The standard InChI is InChI=1S/C19H27N3O2S/c23-16(14-22-9-11-24-12-10-22)13-21-7-5-15(6-8-21)19-20-17-3-1-2-4-18(17)25-19/h1-4,15-16,23H,5-14H2/t16-/m0/s1. The second kappa shape index (κ2) is 8.10. The first-order chi connectivity index (χ1) is 12.3. The Morgan fingerprint density at radius 3 is 2.48 bits per heavy atom. The van der Waals surface area contributed by atoms with Crippen molar-refractivity contribution in [2.45, 2.75) is 24.9 Å². The van der Waals surface area contributed by atoms with Gasteiger partial charge >= 0.3 is 0 Å². The van der Waals surface area contributed by atoms with Gasteiger partial charge in [0.05, 0.1) is 34.5 Å². The maximum atomic E-state index is 10.4. The number of aromatic nitrogens is 1. The number of fused-ring (bicyclic) bond motifs is 1. The molecular weight excluding hydrogens is 334 g/mol. The molecule has 0 saturated carbocycles. The highest BCUT2D eigenvalue weighted by molar-refractivity contribution is 7.18. The Morgan fingerprint density at radius 2 is 1.76 bits per heavy atom. The summed E-state index contributed by atoms with van der Waals surface area (Å²) in [5.74, 6) is 0.574. The van der Waals surface area contributed by atoms with E-state index in [0.29, 0.717) is 5.92 Å². The lowest BCUT2D eigenvalue weighted by Gasteiger charge is -2.34. The highest BCUT2D eigenvalue weighted by atomic mass is 32.1. The Bertz CT molecular complexity index is 645. The van der Waals surface area contributed by atoms with Gasteiger partial charge in [-0.2, -0.15) is 0 Å². The zero-order valence-corrected chi connectivity index (χ0v) is 15.5. The summed E-state index contributed by atoms with van der Waals surface area (Å²) in [5.41, 5.74) is 1.13. The molecule has 2 aromatic rings. The van der Waals surface area contributed by atoms with Gasteiger partial charge in [0, 0.05) is 32.1 Å². The van der Waals surface area contributed by atoms with Crippen molar-refractivity contribution in [2.24, 2.45) is 0 Å². The largest absolute Gasteiger partial charge is 0.390 e. The van der Waals surface area contributed by atoms with E-state index in [4.69, 9.17) is 9.72 Å². The summed E-state index contributed by atoms with van der Waals surface area (Å²) in [4.78, 5) is 9.55. The van der Waals surface area contributed by atoms with E-state index in [2.05, 4.69) is 34.1 Å². The first-order valence-corrected chi connectivity index (χ1v) is 10.2. The molecule has 136 valence electrons. The molecule has 0 spiro atoms. The van der Waals surface area contributed by atoms with Crippen molar-refractivity contribution in [3.05, 3.63) is 29.3 Å². The quantitative estimate of drug-likeness (QED) is 0.884. The van der Waals surface area contributed by atoms with Gasteiger partial charge in [-0.25, -0.2) is 4.98 Å². The van der Waals surface area contributed by atoms with E-state index in [9.17, 15) is 5.11 Å². The highest BCUT2D eigenvalue weighted by Gasteiger charge is 2.25. The fourth-order valence-electron chi connectivity index (χ4n) is 3.86. The van der Waals surface area contributed by atoms with Crippen LogP contribution in [0.4, 0.5) is 0 Å². The van der Waals surface area contributed by atoms with Gasteiger partial charge in [-0.15, -0.1) is 11.3 Å². The minimum Gasteiger partial charge on any atom is -0.390 e. The second-order valence-electron chi connectivity index (χ2n) is 7.16. The van der Waals surface area contributed by atoms with Crippen molar-refractivity contribution in [3.63, 3.8) is 0 Å². The lowest BCUT2D eigenvalue weighted by atomic mass is 9.97. The summed E-state index contributed by atoms with van der Waals surface area (Å²) in [6, 6.07) is 8.41. The Balaban J connectivity index is 1.26. The van der Waals surface area contributed by atoms with E-state index in [1.54, 1.807) is 0 Å². The number of hydrogen-bond donors (Lipinski definition) is 1. The molecule has 1 N–H and O–H groups in total. The third kappa shape index (κ3) is 4.38. The molecule has 2 saturated heterocycles. The molecule has 5 nitrogen and oxygen atoms in total. The number of nitrogens with zero attached hydrogens (tertiary/aromatic N) is 3. The highest BCUT2D eigenvalue weighted by Crippen LogP contribution is 2.33. The normalized spacial score (nSPS) is 22.4. The minimum absolute atomic E-state index is 0.267. The maximum absolute atomic E-state index is 10.4. The lowest BCUT2D eigenvalue weighted by molar-refractivity contribution is 0.00509. The first kappa shape index (κ1) is 17.4. The van der Waals surface area contributed by atoms with Gasteiger partial charge < -0.3 is 14.7 Å². The molecule has 2 fully saturated rings. The molecule has 1 aromatic carbocycles. The van der Waals surface area contributed by atoms with Crippen LogP contribution in [0.1, 0.15) is 23.8 Å². The first-order valence-electron chi connectivity index (χ1n) is 9.34. The number of ether oxygens (including phenoxy) is 1. The summed E-state index contributed by atoms with van der Waals surface area (Å²) in [5, 5.41) is 11.7. The second-order valence-corrected chi connectivity index (χ2v) is 8.22. The number of β-amino-alcohol motifs (C(OH)–C–C–N with tert-alkyl or cyclic N) is 1. The van der Waals surface area contributed by atoms with Crippen LogP contribution in [0.25, 0.3) is 10.2 Å². The predicted octanol–water partition coefficient (Wildman–Crippen LogP) is 2.17. The van der Waals surface area contributed by atoms with Crippen LogP contribution in [-0.2, 0) is 4.74 Å². The van der Waals surface area contributed by atoms with Gasteiger partial charge in [0.25, 0.3) is 0 Å². The van der Waals surface area contributed by atoms with Crippen molar-refractivity contribution < 1.29 is 9.84 Å². The molecular formula is C19H27N3O2S. The van der Waals surface area contributed by atoms with E-state index in [0.717, 1.165) is 70.8 Å². The monoisotopic (exact) mass is 361 g/mol. The molecule has 2 aliphatic heterocycles. The van der Waals surface area contributed by atoms with E-state index in [1.165, 1.54) is 9.71 Å². The minimum atomic E-state index is -0.267. The van der Waals surface area contributed by atoms with Crippen LogP contribution in [0.15, 0.2) is 24.3 Å². The van der Waals surface area contributed by atoms with Gasteiger partial charge in [0.15, 0.2) is 0 Å². The van der Waals surface area contributed by atoms with Gasteiger partial charge in [0.2, 0.25) is 0 Å². The smallest absolute Gasteiger partial charge is 0.0970 e. The molecule has 2 aliphatic rings. The number of aliphatic hydroxyl groups excluding tert-OH is 1. The number of aliphatic hydroxyl groups is 1. The summed E-state index contributed by atoms with van der Waals surface area (Å²) < 4.78 is 6.66. The summed E-state index contributed by atoms with van der Waals surface area (Å²) >= 11 is 1.84. The number of morpholine rings is 1. The van der Waals surface area contributed by atoms with Gasteiger partial charge in [-0.05, 0) is 38.1 Å². The average Bonchev–Trinajstić information content (AvgIpc) is 3.07. The number of rotatable bonds is 5. The van der Waals surface area contributed by atoms with Crippen LogP contribution in [0.3, 0.4) is 0 Å². The van der Waals surface area contributed by atoms with E-state index in [1.807, 2.05) is 11.3 Å².